The summed E-state index contributed by atoms with van der Waals surface area (Å²) in [6.45, 7) is 7.72. The van der Waals surface area contributed by atoms with Crippen molar-refractivity contribution in [2.45, 2.75) is 33.2 Å². The number of aliphatic imine (C=N–C) groups is 1. The average Bonchev–Trinajstić information content (AvgIpc) is 2.57. The minimum absolute atomic E-state index is 0.0229. The van der Waals surface area contributed by atoms with Gasteiger partial charge in [-0.2, -0.15) is 0 Å². The van der Waals surface area contributed by atoms with Gasteiger partial charge < -0.3 is 15.5 Å². The molecule has 0 bridgehead atoms. The third kappa shape index (κ3) is 4.98. The van der Waals surface area contributed by atoms with Gasteiger partial charge in [-0.05, 0) is 43.4 Å². The number of guanidine groups is 1. The Morgan fingerprint density at radius 3 is 2.43 bits per heavy atom. The van der Waals surface area contributed by atoms with E-state index in [1.807, 2.05) is 38.2 Å². The second-order valence-electron chi connectivity index (χ2n) is 6.13. The van der Waals surface area contributed by atoms with E-state index >= 15 is 0 Å². The monoisotopic (exact) mass is 316 g/mol. The predicted octanol–water partition coefficient (Wildman–Crippen LogP) is 2.24. The molecule has 0 atom stereocenters. The molecule has 1 aromatic carbocycles. The minimum Gasteiger partial charge on any atom is -0.352 e. The van der Waals surface area contributed by atoms with Gasteiger partial charge in [0.2, 0.25) is 0 Å². The number of carbonyl (C=O) groups is 1. The van der Waals surface area contributed by atoms with Gasteiger partial charge in [-0.3, -0.25) is 9.79 Å². The lowest BCUT2D eigenvalue weighted by Gasteiger charge is -2.32. The Labute approximate surface area is 139 Å². The van der Waals surface area contributed by atoms with Crippen LogP contribution in [0.2, 0.25) is 0 Å². The predicted molar refractivity (Wildman–Crippen MR) is 94.6 cm³/mol. The summed E-state index contributed by atoms with van der Waals surface area (Å²) in [5.41, 5.74) is 1.84. The number of nitrogens with zero attached hydrogens (tertiary/aromatic N) is 2. The Morgan fingerprint density at radius 2 is 1.87 bits per heavy atom. The molecule has 1 aliphatic rings. The summed E-state index contributed by atoms with van der Waals surface area (Å²) >= 11 is 0. The molecule has 23 heavy (non-hydrogen) atoms. The summed E-state index contributed by atoms with van der Waals surface area (Å²) in [6, 6.07) is 7.72. The van der Waals surface area contributed by atoms with Gasteiger partial charge in [-0.1, -0.05) is 19.1 Å². The van der Waals surface area contributed by atoms with Crippen LogP contribution in [-0.2, 0) is 6.54 Å². The molecule has 5 nitrogen and oxygen atoms in total. The number of amides is 1. The molecule has 1 amide bonds. The Kier molecular flexibility index (Phi) is 6.44. The number of carbonyl (C=O) groups excluding carboxylic acids is 1. The number of rotatable bonds is 4. The van der Waals surface area contributed by atoms with E-state index in [0.29, 0.717) is 18.7 Å². The fourth-order valence-electron chi connectivity index (χ4n) is 2.77. The molecule has 1 saturated heterocycles. The quantitative estimate of drug-likeness (QED) is 0.662. The van der Waals surface area contributed by atoms with Crippen LogP contribution in [0.3, 0.4) is 0 Å². The number of piperidine rings is 1. The topological polar surface area (TPSA) is 56.7 Å². The SMILES string of the molecule is CCNC(=O)c1ccc(CNC(=NC)N2CCC(C)CC2)cc1. The molecule has 2 rings (SSSR count). The zero-order chi connectivity index (χ0) is 16.7. The van der Waals surface area contributed by atoms with Crippen molar-refractivity contribution in [1.29, 1.82) is 0 Å². The molecule has 1 fully saturated rings. The van der Waals surface area contributed by atoms with E-state index in [0.717, 1.165) is 30.5 Å². The fourth-order valence-corrected chi connectivity index (χ4v) is 2.77. The second-order valence-corrected chi connectivity index (χ2v) is 6.13. The van der Waals surface area contributed by atoms with Crippen molar-refractivity contribution in [2.75, 3.05) is 26.7 Å². The van der Waals surface area contributed by atoms with Crippen LogP contribution < -0.4 is 10.6 Å². The van der Waals surface area contributed by atoms with Gasteiger partial charge in [0.1, 0.15) is 0 Å². The van der Waals surface area contributed by atoms with Crippen LogP contribution in [0.1, 0.15) is 42.6 Å². The van der Waals surface area contributed by atoms with E-state index in [-0.39, 0.29) is 5.91 Å². The van der Waals surface area contributed by atoms with E-state index in [2.05, 4.69) is 27.4 Å². The van der Waals surface area contributed by atoms with E-state index in [4.69, 9.17) is 0 Å². The lowest BCUT2D eigenvalue weighted by Crippen LogP contribution is -2.45. The Morgan fingerprint density at radius 1 is 1.22 bits per heavy atom. The molecule has 1 aromatic rings. The van der Waals surface area contributed by atoms with Crippen LogP contribution in [0.4, 0.5) is 0 Å². The summed E-state index contributed by atoms with van der Waals surface area (Å²) in [6.07, 6.45) is 2.45. The first-order chi connectivity index (χ1) is 11.1. The molecule has 5 heteroatoms. The van der Waals surface area contributed by atoms with E-state index in [1.165, 1.54) is 12.8 Å². The van der Waals surface area contributed by atoms with Crippen LogP contribution in [0.25, 0.3) is 0 Å². The third-order valence-electron chi connectivity index (χ3n) is 4.30. The van der Waals surface area contributed by atoms with Crippen LogP contribution in [0, 0.1) is 5.92 Å². The van der Waals surface area contributed by atoms with Crippen molar-refractivity contribution in [3.05, 3.63) is 35.4 Å². The van der Waals surface area contributed by atoms with E-state index < -0.39 is 0 Å². The molecule has 0 aliphatic carbocycles. The van der Waals surface area contributed by atoms with Crippen LogP contribution in [-0.4, -0.2) is 43.4 Å². The molecule has 0 aromatic heterocycles. The highest BCUT2D eigenvalue weighted by Crippen LogP contribution is 2.16. The zero-order valence-corrected chi connectivity index (χ0v) is 14.4. The first-order valence-electron chi connectivity index (χ1n) is 8.46. The van der Waals surface area contributed by atoms with Gasteiger partial charge in [0.25, 0.3) is 5.91 Å². The van der Waals surface area contributed by atoms with Gasteiger partial charge >= 0.3 is 0 Å². The molecule has 1 heterocycles. The summed E-state index contributed by atoms with van der Waals surface area (Å²) in [4.78, 5) is 18.5. The van der Waals surface area contributed by atoms with Gasteiger partial charge in [-0.25, -0.2) is 0 Å². The van der Waals surface area contributed by atoms with Crippen molar-refractivity contribution in [1.82, 2.24) is 15.5 Å². The highest BCUT2D eigenvalue weighted by Gasteiger charge is 2.18. The van der Waals surface area contributed by atoms with Crippen molar-refractivity contribution >= 4 is 11.9 Å². The fraction of sp³-hybridized carbons (Fsp3) is 0.556. The third-order valence-corrected chi connectivity index (χ3v) is 4.30. The number of nitrogens with one attached hydrogen (secondary N) is 2. The van der Waals surface area contributed by atoms with Crippen LogP contribution in [0.5, 0.6) is 0 Å². The molecule has 0 spiro atoms. The molecule has 0 saturated carbocycles. The molecule has 126 valence electrons. The maximum absolute atomic E-state index is 11.7. The lowest BCUT2D eigenvalue weighted by molar-refractivity contribution is 0.0956. The van der Waals surface area contributed by atoms with E-state index in [9.17, 15) is 4.79 Å². The summed E-state index contributed by atoms with van der Waals surface area (Å²) < 4.78 is 0. The largest absolute Gasteiger partial charge is 0.352 e. The van der Waals surface area contributed by atoms with Crippen molar-refractivity contribution in [3.63, 3.8) is 0 Å². The highest BCUT2D eigenvalue weighted by atomic mass is 16.1. The van der Waals surface area contributed by atoms with Gasteiger partial charge in [0, 0.05) is 38.8 Å². The normalized spacial score (nSPS) is 16.3. The highest BCUT2D eigenvalue weighted by molar-refractivity contribution is 5.94. The zero-order valence-electron chi connectivity index (χ0n) is 14.4. The summed E-state index contributed by atoms with van der Waals surface area (Å²) in [5.74, 6) is 1.75. The number of likely N-dealkylation sites (tertiary alicyclic amines) is 1. The van der Waals surface area contributed by atoms with Crippen molar-refractivity contribution in [3.8, 4) is 0 Å². The number of hydrogen-bond donors (Lipinski definition) is 2. The Hall–Kier alpha value is -2.04. The van der Waals surface area contributed by atoms with Crippen molar-refractivity contribution in [2.24, 2.45) is 10.9 Å². The first kappa shape index (κ1) is 17.3. The molecule has 0 unspecified atom stereocenters. The number of hydrogen-bond acceptors (Lipinski definition) is 2. The van der Waals surface area contributed by atoms with Gasteiger partial charge in [0.15, 0.2) is 5.96 Å². The second kappa shape index (κ2) is 8.56. The Balaban J connectivity index is 1.88. The van der Waals surface area contributed by atoms with Crippen molar-refractivity contribution < 1.29 is 4.79 Å². The summed E-state index contributed by atoms with van der Waals surface area (Å²) in [7, 11) is 1.83. The lowest BCUT2D eigenvalue weighted by atomic mass is 9.99. The molecule has 2 N–H and O–H groups in total. The maximum atomic E-state index is 11.7. The van der Waals surface area contributed by atoms with Gasteiger partial charge in [-0.15, -0.1) is 0 Å². The summed E-state index contributed by atoms with van der Waals surface area (Å²) in [5, 5.41) is 6.23. The average molecular weight is 316 g/mol. The Bertz CT molecular complexity index is 530. The molecule has 1 aliphatic heterocycles. The number of benzene rings is 1. The van der Waals surface area contributed by atoms with Crippen LogP contribution in [0.15, 0.2) is 29.3 Å². The maximum Gasteiger partial charge on any atom is 0.251 e. The van der Waals surface area contributed by atoms with Crippen LogP contribution >= 0.6 is 0 Å². The molecular weight excluding hydrogens is 288 g/mol. The first-order valence-corrected chi connectivity index (χ1v) is 8.46. The van der Waals surface area contributed by atoms with Gasteiger partial charge in [0.05, 0.1) is 0 Å². The molecule has 0 radical (unpaired) electrons. The standard InChI is InChI=1S/C18H28N4O/c1-4-20-17(23)16-7-5-15(6-8-16)13-21-18(19-3)22-11-9-14(2)10-12-22/h5-8,14H,4,9-13H2,1-3H3,(H,19,21)(H,20,23). The smallest absolute Gasteiger partial charge is 0.251 e. The van der Waals surface area contributed by atoms with E-state index in [1.54, 1.807) is 0 Å². The minimum atomic E-state index is -0.0229. The molecular formula is C18H28N4O.